The molecule has 0 saturated carbocycles. The van der Waals surface area contributed by atoms with E-state index in [4.69, 9.17) is 16.6 Å². The maximum Gasteiger partial charge on any atom is 0.129 e. The summed E-state index contributed by atoms with van der Waals surface area (Å²) in [6.45, 7) is 2.14. The average molecular weight is 261 g/mol. The molecule has 2 nitrogen and oxygen atoms in total. The Morgan fingerprint density at radius 2 is 1.89 bits per heavy atom. The number of para-hydroxylation sites is 1. The van der Waals surface area contributed by atoms with E-state index in [-0.39, 0.29) is 0 Å². The minimum Gasteiger partial charge on any atom is -0.357 e. The number of hydrogen-bond donors (Lipinski definition) is 0. The highest BCUT2D eigenvalue weighted by Gasteiger charge is 2.19. The second kappa shape index (κ2) is 5.15. The summed E-state index contributed by atoms with van der Waals surface area (Å²) in [5, 5.41) is 1.21. The highest BCUT2D eigenvalue weighted by molar-refractivity contribution is 6.18. The van der Waals surface area contributed by atoms with Gasteiger partial charge in [-0.1, -0.05) is 18.2 Å². The molecule has 0 unspecified atom stereocenters. The van der Waals surface area contributed by atoms with Gasteiger partial charge in [-0.2, -0.15) is 0 Å². The molecule has 3 rings (SSSR count). The lowest BCUT2D eigenvalue weighted by atomic mass is 9.99. The standard InChI is InChI=1S/C15H17ClN2/c16-11-12-7-9-18(10-8-12)15-6-5-13-3-1-2-4-14(13)17-15/h1-6,12H,7-11H2. The van der Waals surface area contributed by atoms with Crippen LogP contribution in [-0.2, 0) is 0 Å². The van der Waals surface area contributed by atoms with Crippen molar-refractivity contribution in [1.29, 1.82) is 0 Å². The molecule has 0 spiro atoms. The quantitative estimate of drug-likeness (QED) is 0.766. The fraction of sp³-hybridized carbons (Fsp3) is 0.400. The SMILES string of the molecule is ClCC1CCN(c2ccc3ccccc3n2)CC1. The van der Waals surface area contributed by atoms with Crippen molar-refractivity contribution in [1.82, 2.24) is 4.98 Å². The van der Waals surface area contributed by atoms with Gasteiger partial charge in [0.15, 0.2) is 0 Å². The van der Waals surface area contributed by atoms with Crippen LogP contribution in [0.1, 0.15) is 12.8 Å². The molecule has 2 aromatic rings. The van der Waals surface area contributed by atoms with Gasteiger partial charge >= 0.3 is 0 Å². The Balaban J connectivity index is 1.82. The first-order chi connectivity index (χ1) is 8.86. The number of alkyl halides is 1. The van der Waals surface area contributed by atoms with Crippen molar-refractivity contribution in [3.63, 3.8) is 0 Å². The van der Waals surface area contributed by atoms with Crippen molar-refractivity contribution in [3.05, 3.63) is 36.4 Å². The van der Waals surface area contributed by atoms with Gasteiger partial charge in [0.25, 0.3) is 0 Å². The molecule has 0 radical (unpaired) electrons. The van der Waals surface area contributed by atoms with E-state index in [0.29, 0.717) is 5.92 Å². The smallest absolute Gasteiger partial charge is 0.129 e. The molecule has 1 aromatic carbocycles. The largest absolute Gasteiger partial charge is 0.357 e. The number of nitrogens with zero attached hydrogens (tertiary/aromatic N) is 2. The molecule has 0 amide bonds. The third-order valence-corrected chi connectivity index (χ3v) is 4.18. The second-order valence-electron chi connectivity index (χ2n) is 4.95. The first-order valence-electron chi connectivity index (χ1n) is 6.53. The Hall–Kier alpha value is -1.28. The van der Waals surface area contributed by atoms with Gasteiger partial charge in [-0.25, -0.2) is 4.98 Å². The van der Waals surface area contributed by atoms with Gasteiger partial charge in [0.05, 0.1) is 5.52 Å². The molecular formula is C15H17ClN2. The Morgan fingerprint density at radius 3 is 2.67 bits per heavy atom. The molecule has 1 aliphatic heterocycles. The van der Waals surface area contributed by atoms with Crippen LogP contribution in [0.15, 0.2) is 36.4 Å². The van der Waals surface area contributed by atoms with Crippen LogP contribution >= 0.6 is 11.6 Å². The molecule has 1 aliphatic rings. The number of hydrogen-bond acceptors (Lipinski definition) is 2. The van der Waals surface area contributed by atoms with Crippen molar-refractivity contribution in [2.75, 3.05) is 23.9 Å². The molecule has 0 atom stereocenters. The lowest BCUT2D eigenvalue weighted by molar-refractivity contribution is 0.441. The zero-order valence-electron chi connectivity index (χ0n) is 10.3. The number of fused-ring (bicyclic) bond motifs is 1. The number of aromatic nitrogens is 1. The lowest BCUT2D eigenvalue weighted by Gasteiger charge is -2.32. The van der Waals surface area contributed by atoms with Crippen LogP contribution in [0.5, 0.6) is 0 Å². The predicted octanol–water partition coefficient (Wildman–Crippen LogP) is 3.69. The van der Waals surface area contributed by atoms with Gasteiger partial charge in [-0.05, 0) is 37.0 Å². The van der Waals surface area contributed by atoms with Gasteiger partial charge in [0.1, 0.15) is 5.82 Å². The maximum atomic E-state index is 5.92. The third kappa shape index (κ3) is 2.30. The molecule has 1 fully saturated rings. The summed E-state index contributed by atoms with van der Waals surface area (Å²) >= 11 is 5.92. The summed E-state index contributed by atoms with van der Waals surface area (Å²) in [6, 6.07) is 12.6. The van der Waals surface area contributed by atoms with Crippen LogP contribution in [0, 0.1) is 5.92 Å². The summed E-state index contributed by atoms with van der Waals surface area (Å²) in [7, 11) is 0. The Bertz CT molecular complexity index is 533. The highest BCUT2D eigenvalue weighted by atomic mass is 35.5. The van der Waals surface area contributed by atoms with Gasteiger partial charge in [-0.3, -0.25) is 0 Å². The normalized spacial score (nSPS) is 17.3. The Morgan fingerprint density at radius 1 is 1.11 bits per heavy atom. The number of benzene rings is 1. The molecule has 1 saturated heterocycles. The molecule has 94 valence electrons. The number of halogens is 1. The van der Waals surface area contributed by atoms with Crippen molar-refractivity contribution in [2.45, 2.75) is 12.8 Å². The molecule has 18 heavy (non-hydrogen) atoms. The summed E-state index contributed by atoms with van der Waals surface area (Å²) in [4.78, 5) is 7.11. The van der Waals surface area contributed by atoms with E-state index in [1.807, 2.05) is 6.07 Å². The minimum absolute atomic E-state index is 0.684. The van der Waals surface area contributed by atoms with E-state index in [9.17, 15) is 0 Å². The van der Waals surface area contributed by atoms with Crippen LogP contribution in [-0.4, -0.2) is 24.0 Å². The van der Waals surface area contributed by atoms with Crippen LogP contribution < -0.4 is 4.90 Å². The molecule has 0 N–H and O–H groups in total. The van der Waals surface area contributed by atoms with Crippen molar-refractivity contribution in [2.24, 2.45) is 5.92 Å². The fourth-order valence-corrected chi connectivity index (χ4v) is 2.86. The van der Waals surface area contributed by atoms with Crippen molar-refractivity contribution >= 4 is 28.3 Å². The summed E-state index contributed by atoms with van der Waals surface area (Å²) in [5.74, 6) is 2.57. The minimum atomic E-state index is 0.684. The third-order valence-electron chi connectivity index (χ3n) is 3.74. The van der Waals surface area contributed by atoms with E-state index < -0.39 is 0 Å². The van der Waals surface area contributed by atoms with E-state index in [1.54, 1.807) is 0 Å². The molecule has 1 aromatic heterocycles. The molecule has 0 aliphatic carbocycles. The number of anilines is 1. The first kappa shape index (κ1) is 11.8. The van der Waals surface area contributed by atoms with Crippen LogP contribution in [0.4, 0.5) is 5.82 Å². The monoisotopic (exact) mass is 260 g/mol. The van der Waals surface area contributed by atoms with Crippen molar-refractivity contribution < 1.29 is 0 Å². The molecular weight excluding hydrogens is 244 g/mol. The first-order valence-corrected chi connectivity index (χ1v) is 7.07. The number of piperidine rings is 1. The Kier molecular flexibility index (Phi) is 3.37. The van der Waals surface area contributed by atoms with E-state index >= 15 is 0 Å². The summed E-state index contributed by atoms with van der Waals surface area (Å²) in [5.41, 5.74) is 1.08. The topological polar surface area (TPSA) is 16.1 Å². The zero-order valence-corrected chi connectivity index (χ0v) is 11.1. The van der Waals surface area contributed by atoms with Gasteiger partial charge in [-0.15, -0.1) is 11.6 Å². The zero-order chi connectivity index (χ0) is 12.4. The number of pyridine rings is 1. The van der Waals surface area contributed by atoms with Gasteiger partial charge in [0.2, 0.25) is 0 Å². The Labute approximate surface area is 113 Å². The van der Waals surface area contributed by atoms with Crippen LogP contribution in [0.2, 0.25) is 0 Å². The lowest BCUT2D eigenvalue weighted by Crippen LogP contribution is -2.34. The molecule has 3 heteroatoms. The molecule has 0 bridgehead atoms. The summed E-state index contributed by atoms with van der Waals surface area (Å²) in [6.07, 6.45) is 2.36. The second-order valence-corrected chi connectivity index (χ2v) is 5.26. The highest BCUT2D eigenvalue weighted by Crippen LogP contribution is 2.24. The molecule has 2 heterocycles. The van der Waals surface area contributed by atoms with E-state index in [2.05, 4.69) is 35.2 Å². The van der Waals surface area contributed by atoms with E-state index in [0.717, 1.165) is 30.3 Å². The van der Waals surface area contributed by atoms with E-state index in [1.165, 1.54) is 18.2 Å². The fourth-order valence-electron chi connectivity index (χ4n) is 2.55. The maximum absolute atomic E-state index is 5.92. The van der Waals surface area contributed by atoms with Crippen LogP contribution in [0.25, 0.3) is 10.9 Å². The predicted molar refractivity (Wildman–Crippen MR) is 77.4 cm³/mol. The average Bonchev–Trinajstić information content (AvgIpc) is 2.47. The van der Waals surface area contributed by atoms with Gasteiger partial charge in [0, 0.05) is 24.4 Å². The summed E-state index contributed by atoms with van der Waals surface area (Å²) < 4.78 is 0. The van der Waals surface area contributed by atoms with Crippen LogP contribution in [0.3, 0.4) is 0 Å². The van der Waals surface area contributed by atoms with Crippen molar-refractivity contribution in [3.8, 4) is 0 Å². The number of rotatable bonds is 2. The van der Waals surface area contributed by atoms with Gasteiger partial charge < -0.3 is 4.90 Å².